The Morgan fingerprint density at radius 1 is 1.33 bits per heavy atom. The Hall–Kier alpha value is -1.68. The van der Waals surface area contributed by atoms with Gasteiger partial charge in [0.1, 0.15) is 0 Å². The largest absolute Gasteiger partial charge is 0.464 e. The number of ketones is 1. The Balaban J connectivity index is 2.20. The zero-order chi connectivity index (χ0) is 13.1. The molecule has 0 radical (unpaired) electrons. The van der Waals surface area contributed by atoms with Crippen LogP contribution in [-0.4, -0.2) is 30.6 Å². The maximum absolute atomic E-state index is 12.2. The van der Waals surface area contributed by atoms with E-state index < -0.39 is 12.1 Å². The summed E-state index contributed by atoms with van der Waals surface area (Å²) in [6.07, 6.45) is -1.39. The van der Waals surface area contributed by atoms with Gasteiger partial charge in [-0.25, -0.2) is 4.79 Å². The van der Waals surface area contributed by atoms with Crippen molar-refractivity contribution >= 4 is 11.8 Å². The van der Waals surface area contributed by atoms with Crippen molar-refractivity contribution in [3.8, 4) is 0 Å². The average Bonchev–Trinajstić information content (AvgIpc) is 2.66. The highest BCUT2D eigenvalue weighted by molar-refractivity contribution is 6.06. The van der Waals surface area contributed by atoms with Crippen molar-refractivity contribution in [2.45, 2.75) is 32.0 Å². The predicted molar refractivity (Wildman–Crippen MR) is 65.2 cm³/mol. The summed E-state index contributed by atoms with van der Waals surface area (Å²) >= 11 is 0. The highest BCUT2D eigenvalue weighted by Crippen LogP contribution is 2.32. The van der Waals surface area contributed by atoms with Gasteiger partial charge in [0.2, 0.25) is 6.10 Å². The zero-order valence-corrected chi connectivity index (χ0v) is 10.5. The van der Waals surface area contributed by atoms with E-state index in [1.807, 2.05) is 30.3 Å². The van der Waals surface area contributed by atoms with Crippen LogP contribution in [0.1, 0.15) is 25.3 Å². The van der Waals surface area contributed by atoms with E-state index in [1.54, 1.807) is 13.8 Å². The van der Waals surface area contributed by atoms with Crippen LogP contribution >= 0.6 is 0 Å². The molecular formula is C14H16O4. The molecule has 1 saturated heterocycles. The molecule has 0 unspecified atom stereocenters. The third kappa shape index (κ3) is 2.29. The van der Waals surface area contributed by atoms with E-state index in [1.165, 1.54) is 0 Å². The molecule has 1 aromatic carbocycles. The molecule has 4 heteroatoms. The zero-order valence-electron chi connectivity index (χ0n) is 10.5. The molecule has 1 fully saturated rings. The van der Waals surface area contributed by atoms with Crippen molar-refractivity contribution in [1.29, 1.82) is 0 Å². The first kappa shape index (κ1) is 12.8. The standard InChI is InChI=1S/C14H16O4/c1-3-17-14(16)13-12(15)11(9(2)18-13)10-7-5-4-6-8-10/h4-9,11,13H,3H2,1-2H3/t9-,11-,13+/m1/s1. The molecule has 0 spiro atoms. The highest BCUT2D eigenvalue weighted by Gasteiger charge is 2.46. The molecule has 0 bridgehead atoms. The molecule has 0 aliphatic carbocycles. The summed E-state index contributed by atoms with van der Waals surface area (Å²) in [5.41, 5.74) is 0.877. The highest BCUT2D eigenvalue weighted by atomic mass is 16.6. The Kier molecular flexibility index (Phi) is 3.77. The molecule has 1 aromatic rings. The molecule has 0 saturated carbocycles. The molecule has 96 valence electrons. The van der Waals surface area contributed by atoms with Crippen LogP contribution in [0.25, 0.3) is 0 Å². The van der Waals surface area contributed by atoms with E-state index >= 15 is 0 Å². The number of rotatable bonds is 3. The van der Waals surface area contributed by atoms with Gasteiger partial charge in [-0.15, -0.1) is 0 Å². The van der Waals surface area contributed by atoms with Crippen molar-refractivity contribution in [2.75, 3.05) is 6.61 Å². The summed E-state index contributed by atoms with van der Waals surface area (Å²) < 4.78 is 10.3. The number of esters is 1. The van der Waals surface area contributed by atoms with Crippen LogP contribution in [0, 0.1) is 0 Å². The van der Waals surface area contributed by atoms with Gasteiger partial charge in [-0.05, 0) is 19.4 Å². The Morgan fingerprint density at radius 3 is 2.61 bits per heavy atom. The first-order valence-electron chi connectivity index (χ1n) is 6.06. The van der Waals surface area contributed by atoms with Gasteiger partial charge in [0.05, 0.1) is 18.6 Å². The molecule has 0 N–H and O–H groups in total. The number of hydrogen-bond acceptors (Lipinski definition) is 4. The molecule has 18 heavy (non-hydrogen) atoms. The van der Waals surface area contributed by atoms with Crippen molar-refractivity contribution in [3.05, 3.63) is 35.9 Å². The number of ether oxygens (including phenoxy) is 2. The van der Waals surface area contributed by atoms with Crippen LogP contribution in [0.4, 0.5) is 0 Å². The maximum atomic E-state index is 12.2. The number of carbonyl (C=O) groups is 2. The summed E-state index contributed by atoms with van der Waals surface area (Å²) in [6, 6.07) is 9.36. The molecule has 1 heterocycles. The SMILES string of the molecule is CCOC(=O)[C@H]1O[C@H](C)[C@H](c2ccccc2)C1=O. The van der Waals surface area contributed by atoms with Crippen molar-refractivity contribution in [3.63, 3.8) is 0 Å². The van der Waals surface area contributed by atoms with Crippen LogP contribution in [0.2, 0.25) is 0 Å². The lowest BCUT2D eigenvalue weighted by Gasteiger charge is -2.11. The van der Waals surface area contributed by atoms with Crippen LogP contribution < -0.4 is 0 Å². The molecule has 0 amide bonds. The fourth-order valence-electron chi connectivity index (χ4n) is 2.24. The summed E-state index contributed by atoms with van der Waals surface area (Å²) in [5.74, 6) is -1.19. The lowest BCUT2D eigenvalue weighted by atomic mass is 9.90. The van der Waals surface area contributed by atoms with Crippen molar-refractivity contribution < 1.29 is 19.1 Å². The van der Waals surface area contributed by atoms with Gasteiger partial charge in [-0.1, -0.05) is 30.3 Å². The van der Waals surface area contributed by atoms with E-state index in [0.29, 0.717) is 0 Å². The second kappa shape index (κ2) is 5.31. The maximum Gasteiger partial charge on any atom is 0.343 e. The van der Waals surface area contributed by atoms with Gasteiger partial charge < -0.3 is 9.47 Å². The van der Waals surface area contributed by atoms with Gasteiger partial charge in [0, 0.05) is 0 Å². The van der Waals surface area contributed by atoms with Gasteiger partial charge in [0.15, 0.2) is 5.78 Å². The number of Topliss-reactive ketones (excluding diaryl/α,β-unsaturated/α-hetero) is 1. The lowest BCUT2D eigenvalue weighted by molar-refractivity contribution is -0.157. The molecule has 0 aromatic heterocycles. The number of benzene rings is 1. The van der Waals surface area contributed by atoms with Crippen LogP contribution in [0.15, 0.2) is 30.3 Å². The minimum atomic E-state index is -1.08. The quantitative estimate of drug-likeness (QED) is 0.603. The first-order chi connectivity index (χ1) is 8.65. The van der Waals surface area contributed by atoms with Crippen LogP contribution in [-0.2, 0) is 19.1 Å². The van der Waals surface area contributed by atoms with Gasteiger partial charge in [-0.3, -0.25) is 4.79 Å². The second-order valence-electron chi connectivity index (χ2n) is 4.26. The van der Waals surface area contributed by atoms with Crippen molar-refractivity contribution in [2.24, 2.45) is 0 Å². The summed E-state index contributed by atoms with van der Waals surface area (Å²) in [7, 11) is 0. The van der Waals surface area contributed by atoms with E-state index in [4.69, 9.17) is 9.47 Å². The fourth-order valence-corrected chi connectivity index (χ4v) is 2.24. The Morgan fingerprint density at radius 2 is 2.00 bits per heavy atom. The molecule has 4 nitrogen and oxygen atoms in total. The van der Waals surface area contributed by atoms with Gasteiger partial charge in [-0.2, -0.15) is 0 Å². The Labute approximate surface area is 106 Å². The van der Waals surface area contributed by atoms with E-state index in [-0.39, 0.29) is 24.4 Å². The molecule has 2 rings (SSSR count). The summed E-state index contributed by atoms with van der Waals surface area (Å²) in [5, 5.41) is 0. The second-order valence-corrected chi connectivity index (χ2v) is 4.26. The van der Waals surface area contributed by atoms with E-state index in [9.17, 15) is 9.59 Å². The third-order valence-electron chi connectivity index (χ3n) is 3.04. The minimum Gasteiger partial charge on any atom is -0.464 e. The van der Waals surface area contributed by atoms with Gasteiger partial charge >= 0.3 is 5.97 Å². The smallest absolute Gasteiger partial charge is 0.343 e. The molecule has 1 aliphatic heterocycles. The topological polar surface area (TPSA) is 52.6 Å². The minimum absolute atomic E-state index is 0.216. The summed E-state index contributed by atoms with van der Waals surface area (Å²) in [6.45, 7) is 3.75. The number of hydrogen-bond donors (Lipinski definition) is 0. The lowest BCUT2D eigenvalue weighted by Crippen LogP contribution is -2.30. The Bertz CT molecular complexity index is 440. The van der Waals surface area contributed by atoms with Crippen LogP contribution in [0.3, 0.4) is 0 Å². The van der Waals surface area contributed by atoms with E-state index in [2.05, 4.69) is 0 Å². The van der Waals surface area contributed by atoms with Crippen LogP contribution in [0.5, 0.6) is 0 Å². The van der Waals surface area contributed by atoms with Gasteiger partial charge in [0.25, 0.3) is 0 Å². The molecule has 3 atom stereocenters. The predicted octanol–water partition coefficient (Wildman–Crippen LogP) is 1.69. The molecular weight excluding hydrogens is 232 g/mol. The van der Waals surface area contributed by atoms with E-state index in [0.717, 1.165) is 5.56 Å². The third-order valence-corrected chi connectivity index (χ3v) is 3.04. The first-order valence-corrected chi connectivity index (χ1v) is 6.06. The monoisotopic (exact) mass is 248 g/mol. The molecule has 1 aliphatic rings. The fraction of sp³-hybridized carbons (Fsp3) is 0.429. The number of carbonyl (C=O) groups excluding carboxylic acids is 2. The van der Waals surface area contributed by atoms with Crippen molar-refractivity contribution in [1.82, 2.24) is 0 Å². The average molecular weight is 248 g/mol. The summed E-state index contributed by atoms with van der Waals surface area (Å²) in [4.78, 5) is 23.8. The normalized spacial score (nSPS) is 27.2.